The van der Waals surface area contributed by atoms with E-state index in [4.69, 9.17) is 0 Å². The summed E-state index contributed by atoms with van der Waals surface area (Å²) in [4.78, 5) is 0. The number of thiophene rings is 1. The van der Waals surface area contributed by atoms with Crippen molar-refractivity contribution in [3.05, 3.63) is 29.2 Å². The molecule has 8 heteroatoms. The van der Waals surface area contributed by atoms with Crippen LogP contribution in [0.3, 0.4) is 0 Å². The van der Waals surface area contributed by atoms with Crippen molar-refractivity contribution in [2.24, 2.45) is 0 Å². The Balaban J connectivity index is 1.69. The normalized spacial score (nSPS) is 27.1. The van der Waals surface area contributed by atoms with Crippen molar-refractivity contribution in [2.75, 3.05) is 18.1 Å². The smallest absolute Gasteiger partial charge is 0.193 e. The second-order valence-electron chi connectivity index (χ2n) is 6.51. The largest absolute Gasteiger partial charge is 0.311 e. The molecule has 2 unspecified atom stereocenters. The van der Waals surface area contributed by atoms with E-state index in [1.807, 2.05) is 0 Å². The molecule has 0 saturated carbocycles. The van der Waals surface area contributed by atoms with Crippen LogP contribution in [0, 0.1) is 0 Å². The van der Waals surface area contributed by atoms with Gasteiger partial charge in [0.05, 0.1) is 16.8 Å². The quantitative estimate of drug-likeness (QED) is 0.754. The highest BCUT2D eigenvalue weighted by Gasteiger charge is 2.45. The van der Waals surface area contributed by atoms with Gasteiger partial charge in [0, 0.05) is 6.04 Å². The first-order valence-electron chi connectivity index (χ1n) is 8.28. The number of hydrogen-bond donors (Lipinski definition) is 1. The van der Waals surface area contributed by atoms with Crippen LogP contribution in [0.5, 0.6) is 0 Å². The van der Waals surface area contributed by atoms with Gasteiger partial charge in [0.25, 0.3) is 0 Å². The molecule has 24 heavy (non-hydrogen) atoms. The molecule has 0 bridgehead atoms. The lowest BCUT2D eigenvalue weighted by Crippen LogP contribution is -2.43. The van der Waals surface area contributed by atoms with E-state index in [1.54, 1.807) is 17.5 Å². The second kappa shape index (κ2) is 7.27. The van der Waals surface area contributed by atoms with E-state index in [9.17, 15) is 16.8 Å². The maximum Gasteiger partial charge on any atom is 0.193 e. The predicted molar refractivity (Wildman–Crippen MR) is 96.9 cm³/mol. The lowest BCUT2D eigenvalue weighted by atomic mass is 9.97. The Morgan fingerprint density at radius 1 is 1.25 bits per heavy atom. The van der Waals surface area contributed by atoms with Gasteiger partial charge in [-0.1, -0.05) is 17.7 Å². The van der Waals surface area contributed by atoms with E-state index >= 15 is 0 Å². The van der Waals surface area contributed by atoms with E-state index < -0.39 is 31.0 Å². The Morgan fingerprint density at radius 2 is 2.08 bits per heavy atom. The van der Waals surface area contributed by atoms with Gasteiger partial charge in [-0.05, 0) is 50.1 Å². The molecule has 0 spiro atoms. The molecule has 1 N–H and O–H groups in total. The first kappa shape index (κ1) is 18.1. The Kier molecular flexibility index (Phi) is 5.48. The zero-order valence-corrected chi connectivity index (χ0v) is 15.9. The van der Waals surface area contributed by atoms with Crippen molar-refractivity contribution in [1.29, 1.82) is 0 Å². The molecular weight excluding hydrogens is 366 g/mol. The first-order chi connectivity index (χ1) is 11.4. The lowest BCUT2D eigenvalue weighted by Gasteiger charge is -2.20. The van der Waals surface area contributed by atoms with Gasteiger partial charge in [-0.3, -0.25) is 0 Å². The molecule has 0 radical (unpaired) electrons. The van der Waals surface area contributed by atoms with Gasteiger partial charge in [-0.15, -0.1) is 11.3 Å². The molecule has 1 fully saturated rings. The average molecular weight is 390 g/mol. The number of sulfone groups is 2. The molecule has 2 aliphatic rings. The molecule has 0 aromatic carbocycles. The third-order valence-electron chi connectivity index (χ3n) is 4.71. The van der Waals surface area contributed by atoms with Crippen LogP contribution in [0.15, 0.2) is 33.4 Å². The minimum absolute atomic E-state index is 0.0959. The van der Waals surface area contributed by atoms with Crippen LogP contribution in [0.2, 0.25) is 0 Å². The van der Waals surface area contributed by atoms with E-state index in [0.717, 1.165) is 30.6 Å². The SMILES string of the molecule is O=S1(=O)CC(NCCC2=CCCCC2)C(S(=O)(=O)c2cccs2)C1. The summed E-state index contributed by atoms with van der Waals surface area (Å²) in [6.07, 6.45) is 7.78. The van der Waals surface area contributed by atoms with E-state index in [0.29, 0.717) is 6.54 Å². The predicted octanol–water partition coefficient (Wildman–Crippen LogP) is 2.17. The molecule has 5 nitrogen and oxygen atoms in total. The van der Waals surface area contributed by atoms with Crippen molar-refractivity contribution in [2.45, 2.75) is 47.6 Å². The molecule has 1 saturated heterocycles. The highest BCUT2D eigenvalue weighted by atomic mass is 32.2. The van der Waals surface area contributed by atoms with Crippen LogP contribution in [0.25, 0.3) is 0 Å². The molecule has 1 aliphatic carbocycles. The standard InChI is InChI=1S/C16H23NO4S3/c18-23(19)11-14(17-9-8-13-5-2-1-3-6-13)15(12-23)24(20,21)16-7-4-10-22-16/h4-5,7,10,14-15,17H,1-3,6,8-9,11-12H2. The summed E-state index contributed by atoms with van der Waals surface area (Å²) in [6.45, 7) is 0.627. The third kappa shape index (κ3) is 4.09. The highest BCUT2D eigenvalue weighted by Crippen LogP contribution is 2.28. The van der Waals surface area contributed by atoms with E-state index in [-0.39, 0.29) is 15.7 Å². The van der Waals surface area contributed by atoms with Gasteiger partial charge < -0.3 is 5.32 Å². The summed E-state index contributed by atoms with van der Waals surface area (Å²) in [5.74, 6) is -0.380. The summed E-state index contributed by atoms with van der Waals surface area (Å²) >= 11 is 1.15. The van der Waals surface area contributed by atoms with Crippen LogP contribution in [0.4, 0.5) is 0 Å². The molecule has 2 atom stereocenters. The van der Waals surface area contributed by atoms with Gasteiger partial charge in [0.1, 0.15) is 4.21 Å². The maximum atomic E-state index is 12.8. The van der Waals surface area contributed by atoms with E-state index in [2.05, 4.69) is 11.4 Å². The fourth-order valence-electron chi connectivity index (χ4n) is 3.44. The van der Waals surface area contributed by atoms with E-state index in [1.165, 1.54) is 18.4 Å². The first-order valence-corrected chi connectivity index (χ1v) is 12.5. The molecule has 1 aromatic rings. The van der Waals surface area contributed by atoms with Crippen molar-refractivity contribution in [3.63, 3.8) is 0 Å². The highest BCUT2D eigenvalue weighted by molar-refractivity contribution is 7.97. The lowest BCUT2D eigenvalue weighted by molar-refractivity contribution is 0.524. The number of nitrogens with one attached hydrogen (secondary N) is 1. The van der Waals surface area contributed by atoms with Crippen molar-refractivity contribution in [3.8, 4) is 0 Å². The second-order valence-corrected chi connectivity index (χ2v) is 12.0. The molecule has 2 heterocycles. The maximum absolute atomic E-state index is 12.8. The third-order valence-corrected chi connectivity index (χ3v) is 10.3. The molecule has 1 aliphatic heterocycles. The number of allylic oxidation sites excluding steroid dienone is 1. The Morgan fingerprint density at radius 3 is 2.75 bits per heavy atom. The summed E-state index contributed by atoms with van der Waals surface area (Å²) in [6, 6.07) is 2.71. The Labute approximate surface area is 148 Å². The average Bonchev–Trinajstić information content (AvgIpc) is 3.17. The van der Waals surface area contributed by atoms with Crippen LogP contribution in [-0.4, -0.2) is 46.2 Å². The summed E-state index contributed by atoms with van der Waals surface area (Å²) in [5, 5.41) is 4.02. The zero-order valence-electron chi connectivity index (χ0n) is 13.5. The van der Waals surface area contributed by atoms with Crippen LogP contribution in [0.1, 0.15) is 32.1 Å². The van der Waals surface area contributed by atoms with Gasteiger partial charge in [-0.25, -0.2) is 16.8 Å². The summed E-state index contributed by atoms with van der Waals surface area (Å²) in [5.41, 5.74) is 1.40. The Bertz CT molecular complexity index is 794. The zero-order chi connectivity index (χ0) is 17.2. The fraction of sp³-hybridized carbons (Fsp3) is 0.625. The molecule has 3 rings (SSSR count). The van der Waals surface area contributed by atoms with Crippen LogP contribution >= 0.6 is 11.3 Å². The summed E-state index contributed by atoms with van der Waals surface area (Å²) in [7, 11) is -6.93. The van der Waals surface area contributed by atoms with Crippen molar-refractivity contribution in [1.82, 2.24) is 5.32 Å². The molecule has 0 amide bonds. The summed E-state index contributed by atoms with van der Waals surface area (Å²) < 4.78 is 49.8. The fourth-order valence-corrected chi connectivity index (χ4v) is 9.38. The monoisotopic (exact) mass is 389 g/mol. The molecular formula is C16H23NO4S3. The van der Waals surface area contributed by atoms with Gasteiger partial charge >= 0.3 is 0 Å². The Hall–Kier alpha value is -0.700. The van der Waals surface area contributed by atoms with Crippen molar-refractivity contribution >= 4 is 31.0 Å². The number of rotatable bonds is 6. The minimum atomic E-state index is -3.61. The molecule has 1 aromatic heterocycles. The minimum Gasteiger partial charge on any atom is -0.311 e. The number of hydrogen-bond acceptors (Lipinski definition) is 6. The van der Waals surface area contributed by atoms with Crippen LogP contribution < -0.4 is 5.32 Å². The van der Waals surface area contributed by atoms with Gasteiger partial charge in [-0.2, -0.15) is 0 Å². The van der Waals surface area contributed by atoms with Crippen LogP contribution in [-0.2, 0) is 19.7 Å². The van der Waals surface area contributed by atoms with Gasteiger partial charge in [0.15, 0.2) is 19.7 Å². The molecule has 134 valence electrons. The van der Waals surface area contributed by atoms with Gasteiger partial charge in [0.2, 0.25) is 0 Å². The topological polar surface area (TPSA) is 80.3 Å². The van der Waals surface area contributed by atoms with Crippen molar-refractivity contribution < 1.29 is 16.8 Å².